The lowest BCUT2D eigenvalue weighted by Crippen LogP contribution is -2.43. The molecule has 0 radical (unpaired) electrons. The molecule has 2 N–H and O–H groups in total. The van der Waals surface area contributed by atoms with Crippen LogP contribution in [0.25, 0.3) is 0 Å². The highest BCUT2D eigenvalue weighted by Crippen LogP contribution is 2.37. The van der Waals surface area contributed by atoms with Crippen molar-refractivity contribution in [2.45, 2.75) is 31.4 Å². The van der Waals surface area contributed by atoms with Gasteiger partial charge in [0.15, 0.2) is 5.11 Å². The zero-order valence-corrected chi connectivity index (χ0v) is 17.2. The number of likely N-dealkylation sites (N-methyl/N-ethyl adjacent to an activating group) is 1. The third-order valence-corrected chi connectivity index (χ3v) is 4.81. The Bertz CT molecular complexity index is 833. The molecule has 1 unspecified atom stereocenters. The Morgan fingerprint density at radius 1 is 0.900 bits per heavy atom. The maximum Gasteiger partial charge on any atom is 0.416 e. The van der Waals surface area contributed by atoms with Crippen LogP contribution in [0.5, 0.6) is 0 Å². The van der Waals surface area contributed by atoms with Gasteiger partial charge in [-0.25, -0.2) is 0 Å². The van der Waals surface area contributed by atoms with Crippen LogP contribution < -0.4 is 10.6 Å². The summed E-state index contributed by atoms with van der Waals surface area (Å²) in [5.74, 6) is 0. The number of thiocarbonyl (C=S) groups is 1. The highest BCUT2D eigenvalue weighted by atomic mass is 32.1. The highest BCUT2D eigenvalue weighted by molar-refractivity contribution is 7.80. The second-order valence-electron chi connectivity index (χ2n) is 6.99. The van der Waals surface area contributed by atoms with Crippen LogP contribution in [0.3, 0.4) is 0 Å². The predicted molar refractivity (Wildman–Crippen MR) is 108 cm³/mol. The molecule has 0 bridgehead atoms. The van der Waals surface area contributed by atoms with Gasteiger partial charge in [0.1, 0.15) is 0 Å². The number of nitrogens with one attached hydrogen (secondary N) is 2. The van der Waals surface area contributed by atoms with E-state index in [1.165, 1.54) is 0 Å². The molecule has 0 aliphatic heterocycles. The molecule has 2 aromatic carbocycles. The fourth-order valence-corrected chi connectivity index (χ4v) is 3.02. The summed E-state index contributed by atoms with van der Waals surface area (Å²) in [6, 6.07) is 10.0. The molecule has 0 spiro atoms. The summed E-state index contributed by atoms with van der Waals surface area (Å²) in [5, 5.41) is 5.37. The van der Waals surface area contributed by atoms with Gasteiger partial charge >= 0.3 is 12.4 Å². The fourth-order valence-electron chi connectivity index (χ4n) is 2.78. The van der Waals surface area contributed by atoms with Crippen molar-refractivity contribution in [3.05, 3.63) is 65.2 Å². The number of halogens is 6. The SMILES string of the molecule is C[C@@H](C(NC(=S)Nc1cc(C(F)(F)F)cc(C(F)(F)F)c1)c1ccccc1)N(C)C. The smallest absolute Gasteiger partial charge is 0.354 e. The first-order valence-electron chi connectivity index (χ1n) is 8.87. The molecule has 2 atom stereocenters. The first-order valence-corrected chi connectivity index (χ1v) is 9.28. The number of alkyl halides is 6. The van der Waals surface area contributed by atoms with E-state index in [-0.39, 0.29) is 23.3 Å². The monoisotopic (exact) mass is 449 g/mol. The van der Waals surface area contributed by atoms with Gasteiger partial charge in [-0.05, 0) is 57.0 Å². The number of hydrogen-bond acceptors (Lipinski definition) is 2. The molecule has 0 fully saturated rings. The van der Waals surface area contributed by atoms with Crippen molar-refractivity contribution >= 4 is 23.0 Å². The zero-order valence-electron chi connectivity index (χ0n) is 16.4. The van der Waals surface area contributed by atoms with Crippen molar-refractivity contribution in [1.29, 1.82) is 0 Å². The minimum atomic E-state index is -4.93. The van der Waals surface area contributed by atoms with Crippen LogP contribution in [0.1, 0.15) is 29.7 Å². The molecular formula is C20H21F6N3S. The summed E-state index contributed by atoms with van der Waals surface area (Å²) in [4.78, 5) is 1.92. The van der Waals surface area contributed by atoms with Crippen molar-refractivity contribution in [2.24, 2.45) is 0 Å². The van der Waals surface area contributed by atoms with E-state index in [0.717, 1.165) is 5.56 Å². The molecule has 0 heterocycles. The van der Waals surface area contributed by atoms with E-state index in [4.69, 9.17) is 12.2 Å². The Hall–Kier alpha value is -2.33. The predicted octanol–water partition coefficient (Wildman–Crippen LogP) is 5.70. The molecule has 2 rings (SSSR count). The lowest BCUT2D eigenvalue weighted by molar-refractivity contribution is -0.143. The van der Waals surface area contributed by atoms with Gasteiger partial charge < -0.3 is 15.5 Å². The second kappa shape index (κ2) is 9.22. The second-order valence-corrected chi connectivity index (χ2v) is 7.39. The third-order valence-electron chi connectivity index (χ3n) is 4.59. The molecule has 0 saturated carbocycles. The van der Waals surface area contributed by atoms with E-state index in [9.17, 15) is 26.3 Å². The Morgan fingerprint density at radius 2 is 1.40 bits per heavy atom. The summed E-state index contributed by atoms with van der Waals surface area (Å²) < 4.78 is 78.3. The normalized spacial score (nSPS) is 14.3. The molecule has 0 saturated heterocycles. The van der Waals surface area contributed by atoms with Gasteiger partial charge in [0.25, 0.3) is 0 Å². The maximum absolute atomic E-state index is 13.1. The van der Waals surface area contributed by atoms with E-state index >= 15 is 0 Å². The molecule has 164 valence electrons. The van der Waals surface area contributed by atoms with E-state index in [1.54, 1.807) is 0 Å². The average molecular weight is 449 g/mol. The minimum absolute atomic E-state index is 0.0720. The molecule has 0 aliphatic carbocycles. The topological polar surface area (TPSA) is 27.3 Å². The molecule has 0 aliphatic rings. The summed E-state index contributed by atoms with van der Waals surface area (Å²) in [6.45, 7) is 1.92. The number of nitrogens with zero attached hydrogens (tertiary/aromatic N) is 1. The van der Waals surface area contributed by atoms with Gasteiger partial charge in [0.05, 0.1) is 17.2 Å². The Labute approximate surface area is 176 Å². The quantitative estimate of drug-likeness (QED) is 0.452. The summed E-state index contributed by atoms with van der Waals surface area (Å²) >= 11 is 5.19. The lowest BCUT2D eigenvalue weighted by atomic mass is 10.00. The van der Waals surface area contributed by atoms with Gasteiger partial charge in [0, 0.05) is 11.7 Å². The van der Waals surface area contributed by atoms with Gasteiger partial charge in [-0.2, -0.15) is 26.3 Å². The molecule has 0 amide bonds. The van der Waals surface area contributed by atoms with E-state index < -0.39 is 29.2 Å². The van der Waals surface area contributed by atoms with Crippen molar-refractivity contribution in [3.8, 4) is 0 Å². The third kappa shape index (κ3) is 6.33. The lowest BCUT2D eigenvalue weighted by Gasteiger charge is -2.31. The van der Waals surface area contributed by atoms with Crippen LogP contribution in [-0.4, -0.2) is 30.1 Å². The highest BCUT2D eigenvalue weighted by Gasteiger charge is 2.37. The molecule has 2 aromatic rings. The van der Waals surface area contributed by atoms with E-state index in [2.05, 4.69) is 10.6 Å². The fraction of sp³-hybridized carbons (Fsp3) is 0.350. The van der Waals surface area contributed by atoms with Crippen LogP contribution in [-0.2, 0) is 12.4 Å². The van der Waals surface area contributed by atoms with Gasteiger partial charge in [-0.3, -0.25) is 0 Å². The number of rotatable bonds is 5. The maximum atomic E-state index is 13.1. The van der Waals surface area contributed by atoms with Crippen LogP contribution in [0, 0.1) is 0 Å². The first-order chi connectivity index (χ1) is 13.8. The number of hydrogen-bond donors (Lipinski definition) is 2. The number of benzene rings is 2. The number of anilines is 1. The molecule has 3 nitrogen and oxygen atoms in total. The van der Waals surface area contributed by atoms with Crippen LogP contribution in [0.2, 0.25) is 0 Å². The molecule has 30 heavy (non-hydrogen) atoms. The van der Waals surface area contributed by atoms with E-state index in [1.807, 2.05) is 56.3 Å². The van der Waals surface area contributed by atoms with Crippen LogP contribution in [0.4, 0.5) is 32.0 Å². The van der Waals surface area contributed by atoms with Gasteiger partial charge in [-0.1, -0.05) is 30.3 Å². The minimum Gasteiger partial charge on any atom is -0.354 e. The van der Waals surface area contributed by atoms with Crippen LogP contribution in [0.15, 0.2) is 48.5 Å². The molecule has 10 heteroatoms. The Morgan fingerprint density at radius 3 is 1.83 bits per heavy atom. The van der Waals surface area contributed by atoms with Crippen molar-refractivity contribution < 1.29 is 26.3 Å². The molecular weight excluding hydrogens is 428 g/mol. The summed E-state index contributed by atoms with van der Waals surface area (Å²) in [5.41, 5.74) is -2.37. The largest absolute Gasteiger partial charge is 0.416 e. The van der Waals surface area contributed by atoms with Gasteiger partial charge in [0.2, 0.25) is 0 Å². The summed E-state index contributed by atoms with van der Waals surface area (Å²) in [6.07, 6.45) is -9.86. The van der Waals surface area contributed by atoms with Crippen molar-refractivity contribution in [1.82, 2.24) is 10.2 Å². The van der Waals surface area contributed by atoms with Crippen molar-refractivity contribution in [2.75, 3.05) is 19.4 Å². The van der Waals surface area contributed by atoms with Gasteiger partial charge in [-0.15, -0.1) is 0 Å². The van der Waals surface area contributed by atoms with Crippen molar-refractivity contribution in [3.63, 3.8) is 0 Å². The average Bonchev–Trinajstić information content (AvgIpc) is 2.64. The standard InChI is InChI=1S/C20H21F6N3S/c1-12(29(2)3)17(13-7-5-4-6-8-13)28-18(30)27-16-10-14(19(21,22)23)9-15(11-16)20(24,25)26/h4-12,17H,1-3H3,(H2,27,28,30)/t12-,17?/m0/s1. The van der Waals surface area contributed by atoms with E-state index in [0.29, 0.717) is 12.1 Å². The first kappa shape index (κ1) is 23.9. The van der Waals surface area contributed by atoms with Crippen LogP contribution >= 0.6 is 12.2 Å². The zero-order chi connectivity index (χ0) is 22.7. The summed E-state index contributed by atoms with van der Waals surface area (Å²) in [7, 11) is 3.70. The Balaban J connectivity index is 2.31. The Kier molecular flexibility index (Phi) is 7.36. The molecule has 0 aromatic heterocycles.